The molecular formula is C122H194N11O14P. The van der Waals surface area contributed by atoms with E-state index in [0.717, 1.165) is 215 Å². The molecular weight excluding hydrogens is 1870 g/mol. The highest BCUT2D eigenvalue weighted by Gasteiger charge is 2.67. The number of aliphatic carboxylic acids is 2. The van der Waals surface area contributed by atoms with Crippen LogP contribution in [0.15, 0.2) is 78.2 Å². The number of aryl methyl sites for hydroxylation is 2. The van der Waals surface area contributed by atoms with Crippen LogP contribution in [-0.2, 0) is 49.3 Å². The number of benzene rings is 2. The second kappa shape index (κ2) is 46.7. The molecule has 16 aliphatic carbocycles. The lowest BCUT2D eigenvalue weighted by molar-refractivity contribution is -0.140. The molecule has 2 aromatic carbocycles. The fourth-order valence-corrected chi connectivity index (χ4v) is 40.5. The molecule has 14 unspecified atom stereocenters. The molecule has 16 saturated carbocycles. The second-order valence-corrected chi connectivity index (χ2v) is 56.8. The topological polar surface area (TPSA) is 375 Å². The summed E-state index contributed by atoms with van der Waals surface area (Å²) < 4.78 is 40.1. The van der Waals surface area contributed by atoms with Crippen molar-refractivity contribution in [1.29, 1.82) is 0 Å². The van der Waals surface area contributed by atoms with Crippen molar-refractivity contribution in [2.75, 3.05) is 13.2 Å². The molecule has 9 N–H and O–H groups in total. The van der Waals surface area contributed by atoms with E-state index in [-0.39, 0.29) is 37.3 Å². The first-order valence-electron chi connectivity index (χ1n) is 59.9. The van der Waals surface area contributed by atoms with Gasteiger partial charge in [0, 0.05) is 49.8 Å². The zero-order valence-electron chi connectivity index (χ0n) is 93.4. The van der Waals surface area contributed by atoms with Crippen molar-refractivity contribution < 1.29 is 67.9 Å². The summed E-state index contributed by atoms with van der Waals surface area (Å²) in [6.07, 6.45) is 56.2. The van der Waals surface area contributed by atoms with E-state index >= 15 is 0 Å². The van der Waals surface area contributed by atoms with E-state index in [2.05, 4.69) is 119 Å². The Bertz CT molecular complexity index is 5090. The first kappa shape index (κ1) is 113. The molecule has 16 fully saturated rings. The number of nitrogens with one attached hydrogen (secondary N) is 1. The third-order valence-electron chi connectivity index (χ3n) is 46.7. The van der Waals surface area contributed by atoms with Crippen LogP contribution in [0.25, 0.3) is 10.4 Å². The fourth-order valence-electron chi connectivity index (χ4n) is 39.2. The number of alkyl carbamates (subject to hydrolysis) is 1. The molecule has 20 rings (SSSR count). The van der Waals surface area contributed by atoms with E-state index in [1.165, 1.54) is 186 Å². The van der Waals surface area contributed by atoms with Crippen molar-refractivity contribution in [3.63, 3.8) is 0 Å². The Morgan fingerprint density at radius 3 is 1.09 bits per heavy atom. The van der Waals surface area contributed by atoms with Gasteiger partial charge in [0.25, 0.3) is 0 Å². The number of ether oxygens (including phenoxy) is 1. The molecule has 0 aliphatic heterocycles. The van der Waals surface area contributed by atoms with Crippen molar-refractivity contribution >= 4 is 25.9 Å². The Kier molecular flexibility index (Phi) is 35.6. The summed E-state index contributed by atoms with van der Waals surface area (Å²) in [5, 5.41) is 82.8. The van der Waals surface area contributed by atoms with E-state index in [4.69, 9.17) is 34.7 Å². The standard InChI is InChI=1S/C36H51O5P.C34H56N4O5.C29H48N4O3.C23H39N3O/c1-26(11-10-24-39-42(38,40-29-12-6-4-7-13-29)41-30-14-8-5-9-15-30)32-18-19-33-31-17-16-27-25-28(37)20-22-35(27,2)34(31)21-23-36(32,33)3;1-21(8-7-17-38-20-23(36-37-38)19-29(30(40)41)35-31(42)43-32(2,3)4)26-11-12-27-25-10-9-22-18-24(39)13-15-33(22,5)28(25)14-16-34(26,27)6;1-18(5-4-14-33-17-20(31-32-33)16-26(30)27(35)36)23-8-9-24-22-7-6-19-15-21(34)10-12-28(19,2)25(22)11-13-29(23,24)3;1-15(10-13-25-26-24)19-6-7-20-18-5-4-16-14-17(27)8-11-22(16,2)21(18)9-12-23(19,20)3/h4-9,12-15,26-28,31-34,37H,10-11,16-25H2,1-3H3;20-22,24-29,39H,7-19H2,1-6H3,(H,35,42)(H,40,41);17-19,21-26,34H,4-16,30H2,1-3H3,(H,35,36);15-21,27H,4-14H2,1-3H3/t26-,27-,28-,31?,32?,33+,34?,35+,36-;21-,22-,24-,25?,26?,27+,28?,29?,33+,34-;18-,19-,21-,22?,23?,24+,25?,26?,28+,29-;15-,16-,17-,18?,19?,20+,21?,22+,23-/m1111/s1. The highest BCUT2D eigenvalue weighted by atomic mass is 31.2. The van der Waals surface area contributed by atoms with Gasteiger partial charge < -0.3 is 55.5 Å². The first-order chi connectivity index (χ1) is 70.4. The predicted octanol–water partition coefficient (Wildman–Crippen LogP) is 27.0. The van der Waals surface area contributed by atoms with Gasteiger partial charge in [-0.05, 0) is 512 Å². The number of hydrogen-bond acceptors (Lipinski definition) is 18. The van der Waals surface area contributed by atoms with Gasteiger partial charge in [0.1, 0.15) is 29.2 Å². The van der Waals surface area contributed by atoms with Crippen LogP contribution in [0.1, 0.15) is 391 Å². The summed E-state index contributed by atoms with van der Waals surface area (Å²) in [4.78, 5) is 37.8. The van der Waals surface area contributed by atoms with Gasteiger partial charge in [0.05, 0.1) is 42.4 Å². The van der Waals surface area contributed by atoms with Gasteiger partial charge >= 0.3 is 25.9 Å². The maximum Gasteiger partial charge on any atom is 0.587 e. The van der Waals surface area contributed by atoms with Crippen molar-refractivity contribution in [3.8, 4) is 11.5 Å². The number of nitrogens with zero attached hydrogens (tertiary/aromatic N) is 9. The number of aromatic nitrogens is 6. The summed E-state index contributed by atoms with van der Waals surface area (Å²) in [6, 6.07) is 16.2. The highest BCUT2D eigenvalue weighted by molar-refractivity contribution is 7.49. The third-order valence-corrected chi connectivity index (χ3v) is 48.1. The van der Waals surface area contributed by atoms with E-state index in [1.54, 1.807) is 55.9 Å². The number of amides is 1. The lowest BCUT2D eigenvalue weighted by atomic mass is 9.44. The molecule has 2 aromatic heterocycles. The summed E-state index contributed by atoms with van der Waals surface area (Å²) >= 11 is 0. The lowest BCUT2D eigenvalue weighted by Gasteiger charge is -2.61. The van der Waals surface area contributed by atoms with E-state index in [0.29, 0.717) is 109 Å². The number of carboxylic acids is 2. The number of aliphatic hydroxyl groups is 4. The quantitative estimate of drug-likeness (QED) is 0.00762. The number of phosphoric ester groups is 1. The molecule has 148 heavy (non-hydrogen) atoms. The van der Waals surface area contributed by atoms with E-state index in [9.17, 15) is 44.5 Å². The van der Waals surface area contributed by atoms with Crippen LogP contribution in [0.5, 0.6) is 11.5 Å². The molecule has 25 nitrogen and oxygen atoms in total. The Balaban J connectivity index is 0.000000136. The maximum absolute atomic E-state index is 13.7. The predicted molar refractivity (Wildman–Crippen MR) is 579 cm³/mol. The highest BCUT2D eigenvalue weighted by Crippen LogP contribution is 2.75. The van der Waals surface area contributed by atoms with Crippen molar-refractivity contribution in [2.24, 2.45) is 196 Å². The van der Waals surface area contributed by atoms with Crippen LogP contribution in [0, 0.1) is 185 Å². The SMILES string of the molecule is C[C@H](CCCOP(=O)(Oc1ccccc1)Oc1ccccc1)C1CC[C@H]2C3CC[C@@H]4C[C@H](O)CC[C@]4(C)C3CC[C@]12C.C[C@H](CCCn1cc(CC(N)C(=O)O)nn1)C1CC[C@H]2C3CC[C@@H]4C[C@H](O)CC[C@]4(C)C3CC[C@]12C.C[C@H](CCCn1cc(CC(NC(=O)OC(C)(C)C)C(=O)O)nn1)C1CC[C@H]2C3CC[C@@H]4C[C@H](O)CC[C@]4(C)C3CC[C@]12C.C[C@H](CCN=[N+]=[N-])C1CC[C@H]2C3CC[C@@H]4C[C@H](O)CC[C@]4(C)C3CC[C@]12C. The minimum Gasteiger partial charge on any atom is -0.480 e. The van der Waals surface area contributed by atoms with E-state index < -0.39 is 43.5 Å². The number of azide groups is 1. The van der Waals surface area contributed by atoms with Gasteiger partial charge in [-0.25, -0.2) is 14.2 Å². The minimum atomic E-state index is -3.84. The number of carboxylic acid groups (broad SMARTS) is 2. The van der Waals surface area contributed by atoms with Crippen molar-refractivity contribution in [3.05, 3.63) is 94.9 Å². The molecule has 0 saturated heterocycles. The largest absolute Gasteiger partial charge is 0.587 e. The van der Waals surface area contributed by atoms with Gasteiger partial charge in [0.15, 0.2) is 0 Å². The zero-order chi connectivity index (χ0) is 105. The Hall–Kier alpha value is -6.17. The number of phosphoric acid groups is 1. The van der Waals surface area contributed by atoms with Crippen LogP contribution in [0.2, 0.25) is 0 Å². The Labute approximate surface area is 887 Å². The number of hydrogen-bond donors (Lipinski definition) is 8. The first-order valence-corrected chi connectivity index (χ1v) is 61.3. The van der Waals surface area contributed by atoms with Crippen molar-refractivity contribution in [2.45, 2.75) is 448 Å². The van der Waals surface area contributed by atoms with Gasteiger partial charge in [-0.2, -0.15) is 0 Å². The monoisotopic (exact) mass is 2070 g/mol. The van der Waals surface area contributed by atoms with Crippen molar-refractivity contribution in [1.82, 2.24) is 35.3 Å². The molecule has 4 aromatic rings. The molecule has 0 bridgehead atoms. The Morgan fingerprint density at radius 2 is 0.764 bits per heavy atom. The molecule has 826 valence electrons. The number of para-hydroxylation sites is 2. The van der Waals surface area contributed by atoms with E-state index in [1.807, 2.05) is 47.3 Å². The van der Waals surface area contributed by atoms with Crippen LogP contribution in [0.3, 0.4) is 0 Å². The van der Waals surface area contributed by atoms with Gasteiger partial charge in [-0.1, -0.05) is 135 Å². The minimum absolute atomic E-state index is 0.0405. The third kappa shape index (κ3) is 23.9. The number of fused-ring (bicyclic) bond motifs is 20. The normalized spacial score (nSPS) is 40.5. The molecule has 16 aliphatic rings. The van der Waals surface area contributed by atoms with Crippen LogP contribution >= 0.6 is 7.82 Å². The lowest BCUT2D eigenvalue weighted by Crippen LogP contribution is -2.54. The summed E-state index contributed by atoms with van der Waals surface area (Å²) in [7, 11) is -3.84. The summed E-state index contributed by atoms with van der Waals surface area (Å²) in [6.45, 7) is 38.3. The number of rotatable bonds is 31. The van der Waals surface area contributed by atoms with Crippen LogP contribution in [-0.4, -0.2) is 134 Å². The van der Waals surface area contributed by atoms with Crippen LogP contribution < -0.4 is 20.1 Å². The Morgan fingerprint density at radius 1 is 0.446 bits per heavy atom. The van der Waals surface area contributed by atoms with Crippen LogP contribution in [0.4, 0.5) is 4.79 Å². The maximum atomic E-state index is 13.7. The summed E-state index contributed by atoms with van der Waals surface area (Å²) in [5.74, 6) is 17.9. The average molecular weight is 2070 g/mol. The number of nitrogens with two attached hydrogens (primary N) is 1. The number of carbonyl (C=O) groups excluding carboxylic acids is 1. The molecule has 1 amide bonds. The smallest absolute Gasteiger partial charge is 0.480 e. The molecule has 26 heteroatoms. The molecule has 2 heterocycles. The van der Waals surface area contributed by atoms with Gasteiger partial charge in [0.2, 0.25) is 0 Å². The van der Waals surface area contributed by atoms with Gasteiger partial charge in [-0.15, -0.1) is 10.2 Å². The molecule has 0 spiro atoms. The van der Waals surface area contributed by atoms with Gasteiger partial charge in [-0.3, -0.25) is 18.7 Å². The fraction of sp³-hybridized carbons (Fsp3) is 0.844. The number of carbonyl (C=O) groups is 3. The summed E-state index contributed by atoms with van der Waals surface area (Å²) in [5.41, 5.74) is 18.3. The average Bonchev–Trinajstić information content (AvgIpc) is 1.52. The zero-order valence-corrected chi connectivity index (χ0v) is 94.3. The number of aliphatic hydroxyl groups excluding tert-OH is 4. The molecule has 0 radical (unpaired) electrons. The second-order valence-electron chi connectivity index (χ2n) is 55.3. The molecule has 38 atom stereocenters.